The van der Waals surface area contributed by atoms with Crippen LogP contribution in [0.4, 0.5) is 10.5 Å². The largest absolute Gasteiger partial charge is 0.384 e. The number of amides is 3. The summed E-state index contributed by atoms with van der Waals surface area (Å²) in [6.07, 6.45) is 4.45. The zero-order valence-electron chi connectivity index (χ0n) is 14.1. The number of hydrogen-bond donors (Lipinski definition) is 3. The third-order valence-electron chi connectivity index (χ3n) is 4.43. The molecule has 7 heteroatoms. The molecule has 0 aliphatic heterocycles. The Hall–Kier alpha value is -1.79. The van der Waals surface area contributed by atoms with Gasteiger partial charge in [0.2, 0.25) is 0 Å². The van der Waals surface area contributed by atoms with Crippen LogP contribution in [0.3, 0.4) is 0 Å². The minimum absolute atomic E-state index is 0.0271. The van der Waals surface area contributed by atoms with Gasteiger partial charge in [-0.15, -0.1) is 0 Å². The summed E-state index contributed by atoms with van der Waals surface area (Å²) in [5.74, 6) is -0.297. The minimum atomic E-state index is -0.303. The third kappa shape index (κ3) is 4.61. The van der Waals surface area contributed by atoms with E-state index in [-0.39, 0.29) is 17.4 Å². The van der Waals surface area contributed by atoms with Crippen molar-refractivity contribution >= 4 is 29.2 Å². The quantitative estimate of drug-likeness (QED) is 0.735. The number of hydrogen-bond acceptors (Lipinski definition) is 3. The second-order valence-electron chi connectivity index (χ2n) is 6.22. The summed E-state index contributed by atoms with van der Waals surface area (Å²) >= 11 is 6.00. The van der Waals surface area contributed by atoms with Crippen LogP contribution in [0.15, 0.2) is 18.2 Å². The van der Waals surface area contributed by atoms with Gasteiger partial charge >= 0.3 is 6.03 Å². The summed E-state index contributed by atoms with van der Waals surface area (Å²) in [7, 11) is 3.22. The monoisotopic (exact) mass is 353 g/mol. The van der Waals surface area contributed by atoms with Crippen LogP contribution in [0, 0.1) is 5.41 Å². The standard InChI is InChI=1S/C17H24ClN3O3/c1-19-15(22)13-9-12(5-6-14(13)18)21-16(23)20-10-17(11-24-2)7-3-4-8-17/h5-6,9H,3-4,7-8,10-11H2,1-2H3,(H,19,22)(H2,20,21,23). The first-order valence-electron chi connectivity index (χ1n) is 8.05. The fourth-order valence-corrected chi connectivity index (χ4v) is 3.36. The van der Waals surface area contributed by atoms with E-state index in [4.69, 9.17) is 16.3 Å². The van der Waals surface area contributed by atoms with Gasteiger partial charge in [-0.25, -0.2) is 4.79 Å². The maximum absolute atomic E-state index is 12.2. The number of anilines is 1. The zero-order valence-corrected chi connectivity index (χ0v) is 14.8. The first-order chi connectivity index (χ1) is 11.5. The number of halogens is 1. The molecule has 132 valence electrons. The molecule has 1 aromatic carbocycles. The van der Waals surface area contributed by atoms with Gasteiger partial charge in [-0.2, -0.15) is 0 Å². The van der Waals surface area contributed by atoms with Crippen molar-refractivity contribution in [1.82, 2.24) is 10.6 Å². The summed E-state index contributed by atoms with van der Waals surface area (Å²) < 4.78 is 5.32. The Labute approximate surface area is 147 Å². The van der Waals surface area contributed by atoms with Crippen LogP contribution in [0.2, 0.25) is 5.02 Å². The molecule has 0 heterocycles. The van der Waals surface area contributed by atoms with Gasteiger partial charge in [-0.1, -0.05) is 24.4 Å². The molecule has 1 fully saturated rings. The molecule has 0 spiro atoms. The molecule has 0 bridgehead atoms. The molecule has 3 amide bonds. The van der Waals surface area contributed by atoms with Crippen LogP contribution in [0.5, 0.6) is 0 Å². The van der Waals surface area contributed by atoms with Gasteiger partial charge in [0, 0.05) is 31.8 Å². The number of benzene rings is 1. The van der Waals surface area contributed by atoms with Crippen molar-refractivity contribution in [2.45, 2.75) is 25.7 Å². The summed E-state index contributed by atoms with van der Waals surface area (Å²) in [6, 6.07) is 4.50. The van der Waals surface area contributed by atoms with Crippen molar-refractivity contribution in [2.24, 2.45) is 5.41 Å². The summed E-state index contributed by atoms with van der Waals surface area (Å²) in [6.45, 7) is 1.22. The molecular formula is C17H24ClN3O3. The lowest BCUT2D eigenvalue weighted by atomic mass is 9.87. The number of rotatable bonds is 6. The zero-order chi connectivity index (χ0) is 17.6. The lowest BCUT2D eigenvalue weighted by molar-refractivity contribution is 0.0847. The van der Waals surface area contributed by atoms with Crippen LogP contribution in [-0.4, -0.2) is 39.2 Å². The normalized spacial score (nSPS) is 15.8. The van der Waals surface area contributed by atoms with E-state index in [9.17, 15) is 9.59 Å². The summed E-state index contributed by atoms with van der Waals surface area (Å²) in [5, 5.41) is 8.51. The molecule has 1 aliphatic rings. The number of carbonyl (C=O) groups excluding carboxylic acids is 2. The van der Waals surface area contributed by atoms with Gasteiger partial charge in [0.05, 0.1) is 17.2 Å². The van der Waals surface area contributed by atoms with Crippen molar-refractivity contribution in [3.05, 3.63) is 28.8 Å². The predicted octanol–water partition coefficient (Wildman–Crippen LogP) is 3.03. The number of methoxy groups -OCH3 is 1. The van der Waals surface area contributed by atoms with Gasteiger partial charge < -0.3 is 20.7 Å². The first-order valence-corrected chi connectivity index (χ1v) is 8.43. The maximum Gasteiger partial charge on any atom is 0.319 e. The number of ether oxygens (including phenoxy) is 1. The molecular weight excluding hydrogens is 330 g/mol. The fourth-order valence-electron chi connectivity index (χ4n) is 3.16. The van der Waals surface area contributed by atoms with Crippen molar-refractivity contribution in [3.63, 3.8) is 0 Å². The minimum Gasteiger partial charge on any atom is -0.384 e. The average molecular weight is 354 g/mol. The summed E-state index contributed by atoms with van der Waals surface area (Å²) in [4.78, 5) is 23.9. The smallest absolute Gasteiger partial charge is 0.319 e. The second-order valence-corrected chi connectivity index (χ2v) is 6.63. The van der Waals surface area contributed by atoms with E-state index in [2.05, 4.69) is 16.0 Å². The van der Waals surface area contributed by atoms with Crippen molar-refractivity contribution < 1.29 is 14.3 Å². The van der Waals surface area contributed by atoms with E-state index < -0.39 is 0 Å². The predicted molar refractivity (Wildman–Crippen MR) is 94.6 cm³/mol. The molecule has 24 heavy (non-hydrogen) atoms. The Morgan fingerprint density at radius 1 is 1.29 bits per heavy atom. The van der Waals surface area contributed by atoms with Crippen molar-refractivity contribution in [2.75, 3.05) is 32.6 Å². The number of nitrogens with one attached hydrogen (secondary N) is 3. The molecule has 1 aliphatic carbocycles. The topological polar surface area (TPSA) is 79.5 Å². The highest BCUT2D eigenvalue weighted by Gasteiger charge is 2.34. The van der Waals surface area contributed by atoms with E-state index in [0.717, 1.165) is 12.8 Å². The summed E-state index contributed by atoms with van der Waals surface area (Å²) in [5.41, 5.74) is 0.866. The highest BCUT2D eigenvalue weighted by molar-refractivity contribution is 6.34. The lowest BCUT2D eigenvalue weighted by Crippen LogP contribution is -2.40. The maximum atomic E-state index is 12.2. The average Bonchev–Trinajstić information content (AvgIpc) is 3.03. The molecule has 0 unspecified atom stereocenters. The van der Waals surface area contributed by atoms with E-state index in [1.165, 1.54) is 19.9 Å². The van der Waals surface area contributed by atoms with Crippen molar-refractivity contribution in [1.29, 1.82) is 0 Å². The van der Waals surface area contributed by atoms with Gasteiger partial charge in [0.15, 0.2) is 0 Å². The Bertz CT molecular complexity index is 601. The van der Waals surface area contributed by atoms with E-state index in [1.807, 2.05) is 0 Å². The van der Waals surface area contributed by atoms with Crippen LogP contribution >= 0.6 is 11.6 Å². The Balaban J connectivity index is 1.96. The molecule has 1 saturated carbocycles. The second kappa shape index (κ2) is 8.35. The van der Waals surface area contributed by atoms with E-state index in [0.29, 0.717) is 29.4 Å². The van der Waals surface area contributed by atoms with Gasteiger partial charge in [-0.05, 0) is 31.0 Å². The molecule has 3 N–H and O–H groups in total. The Morgan fingerprint density at radius 2 is 2.00 bits per heavy atom. The fraction of sp³-hybridized carbons (Fsp3) is 0.529. The SMILES string of the molecule is CNC(=O)c1cc(NC(=O)NCC2(COC)CCCC2)ccc1Cl. The van der Waals surface area contributed by atoms with Gasteiger partial charge in [-0.3, -0.25) is 4.79 Å². The lowest BCUT2D eigenvalue weighted by Gasteiger charge is -2.28. The highest BCUT2D eigenvalue weighted by Crippen LogP contribution is 2.37. The van der Waals surface area contributed by atoms with Crippen LogP contribution in [0.1, 0.15) is 36.0 Å². The Kier molecular flexibility index (Phi) is 6.45. The number of carbonyl (C=O) groups is 2. The molecule has 0 radical (unpaired) electrons. The molecule has 0 aromatic heterocycles. The molecule has 0 atom stereocenters. The van der Waals surface area contributed by atoms with Gasteiger partial charge in [0.1, 0.15) is 0 Å². The Morgan fingerprint density at radius 3 is 2.62 bits per heavy atom. The molecule has 6 nitrogen and oxygen atoms in total. The van der Waals surface area contributed by atoms with Crippen LogP contribution < -0.4 is 16.0 Å². The highest BCUT2D eigenvalue weighted by atomic mass is 35.5. The molecule has 1 aromatic rings. The number of urea groups is 1. The first kappa shape index (κ1) is 18.5. The van der Waals surface area contributed by atoms with Crippen LogP contribution in [-0.2, 0) is 4.74 Å². The van der Waals surface area contributed by atoms with E-state index in [1.54, 1.807) is 25.3 Å². The van der Waals surface area contributed by atoms with Gasteiger partial charge in [0.25, 0.3) is 5.91 Å². The van der Waals surface area contributed by atoms with E-state index >= 15 is 0 Å². The third-order valence-corrected chi connectivity index (χ3v) is 4.76. The molecule has 0 saturated heterocycles. The molecule has 2 rings (SSSR count). The van der Waals surface area contributed by atoms with Crippen LogP contribution in [0.25, 0.3) is 0 Å². The van der Waals surface area contributed by atoms with Crippen molar-refractivity contribution in [3.8, 4) is 0 Å².